The van der Waals surface area contributed by atoms with Crippen LogP contribution in [-0.2, 0) is 11.2 Å². The van der Waals surface area contributed by atoms with Gasteiger partial charge in [-0.05, 0) is 43.2 Å². The molecule has 2 aliphatic heterocycles. The summed E-state index contributed by atoms with van der Waals surface area (Å²) in [7, 11) is 0. The lowest BCUT2D eigenvalue weighted by molar-refractivity contribution is 0.0551. The average molecular weight is 459 g/mol. The van der Waals surface area contributed by atoms with Gasteiger partial charge in [-0.1, -0.05) is 30.3 Å². The Morgan fingerprint density at radius 3 is 2.74 bits per heavy atom. The van der Waals surface area contributed by atoms with Gasteiger partial charge in [-0.15, -0.1) is 0 Å². The van der Waals surface area contributed by atoms with E-state index in [-0.39, 0.29) is 17.9 Å². The van der Waals surface area contributed by atoms with Crippen LogP contribution in [0.3, 0.4) is 0 Å². The van der Waals surface area contributed by atoms with Gasteiger partial charge in [-0.25, -0.2) is 9.78 Å². The summed E-state index contributed by atoms with van der Waals surface area (Å²) in [4.78, 5) is 37.9. The predicted molar refractivity (Wildman–Crippen MR) is 125 cm³/mol. The number of rotatable bonds is 6. The van der Waals surface area contributed by atoms with Gasteiger partial charge < -0.3 is 19.3 Å². The summed E-state index contributed by atoms with van der Waals surface area (Å²) < 4.78 is 11.7. The predicted octanol–water partition coefficient (Wildman–Crippen LogP) is 3.86. The van der Waals surface area contributed by atoms with Gasteiger partial charge in [0, 0.05) is 31.4 Å². The van der Waals surface area contributed by atoms with Crippen LogP contribution in [0, 0.1) is 6.92 Å². The highest BCUT2D eigenvalue weighted by atomic mass is 16.6. The number of benzene rings is 1. The van der Waals surface area contributed by atoms with E-state index in [1.165, 1.54) is 5.56 Å². The maximum absolute atomic E-state index is 13.4. The standard InChI is InChI=1S/C26H26N4O4/c1-19-9-10-21(16-28-19)33-23-22(8-5-13-27-23)24(31)29-15-12-26(17-29)18-30(25(32)34-26)14-11-20-6-3-2-4-7-20/h2-10,13,16H,11-12,14-15,17-18H2,1H3/t26-/m0/s1. The lowest BCUT2D eigenvalue weighted by atomic mass is 10.0. The molecule has 8 heteroatoms. The SMILES string of the molecule is Cc1ccc(Oc2ncccc2C(=O)N2CC[C@@]3(CN(CCc4ccccc4)C(=O)O3)C2)cn1. The minimum atomic E-state index is -0.673. The smallest absolute Gasteiger partial charge is 0.410 e. The first-order valence-electron chi connectivity index (χ1n) is 11.4. The summed E-state index contributed by atoms with van der Waals surface area (Å²) in [6.45, 7) is 3.80. The van der Waals surface area contributed by atoms with Gasteiger partial charge in [0.25, 0.3) is 5.91 Å². The monoisotopic (exact) mass is 458 g/mol. The zero-order chi connectivity index (χ0) is 23.5. The van der Waals surface area contributed by atoms with Crippen LogP contribution in [0.2, 0.25) is 0 Å². The van der Waals surface area contributed by atoms with E-state index in [1.54, 1.807) is 40.4 Å². The molecule has 5 rings (SSSR count). The Balaban J connectivity index is 1.25. The van der Waals surface area contributed by atoms with E-state index in [9.17, 15) is 9.59 Å². The minimum Gasteiger partial charge on any atom is -0.439 e. The van der Waals surface area contributed by atoms with Crippen molar-refractivity contribution in [1.29, 1.82) is 0 Å². The number of aryl methyl sites for hydroxylation is 1. The Labute approximate surface area is 198 Å². The lowest BCUT2D eigenvalue weighted by Gasteiger charge is -2.22. The minimum absolute atomic E-state index is 0.196. The van der Waals surface area contributed by atoms with Crippen LogP contribution in [-0.4, -0.2) is 63.5 Å². The van der Waals surface area contributed by atoms with Crippen molar-refractivity contribution in [3.63, 3.8) is 0 Å². The van der Waals surface area contributed by atoms with Crippen molar-refractivity contribution in [2.45, 2.75) is 25.4 Å². The number of aromatic nitrogens is 2. The molecule has 1 spiro atoms. The van der Waals surface area contributed by atoms with Crippen LogP contribution in [0.5, 0.6) is 11.6 Å². The number of hydrogen-bond acceptors (Lipinski definition) is 6. The second kappa shape index (κ2) is 9.13. The van der Waals surface area contributed by atoms with Crippen molar-refractivity contribution in [1.82, 2.24) is 19.8 Å². The second-order valence-corrected chi connectivity index (χ2v) is 8.78. The molecule has 0 saturated carbocycles. The van der Waals surface area contributed by atoms with Gasteiger partial charge in [0.2, 0.25) is 5.88 Å². The number of carbonyl (C=O) groups excluding carboxylic acids is 2. The van der Waals surface area contributed by atoms with Crippen LogP contribution in [0.25, 0.3) is 0 Å². The highest BCUT2D eigenvalue weighted by Crippen LogP contribution is 2.34. The third kappa shape index (κ3) is 4.57. The maximum Gasteiger partial charge on any atom is 0.410 e. The fourth-order valence-corrected chi connectivity index (χ4v) is 4.44. The number of nitrogens with zero attached hydrogens (tertiary/aromatic N) is 4. The summed E-state index contributed by atoms with van der Waals surface area (Å²) in [6, 6.07) is 17.1. The third-order valence-electron chi connectivity index (χ3n) is 6.26. The number of carbonyl (C=O) groups is 2. The molecule has 4 heterocycles. The fraction of sp³-hybridized carbons (Fsp3) is 0.308. The Bertz CT molecular complexity index is 1180. The van der Waals surface area contributed by atoms with Crippen molar-refractivity contribution >= 4 is 12.0 Å². The number of ether oxygens (including phenoxy) is 2. The molecule has 1 atom stereocenters. The largest absolute Gasteiger partial charge is 0.439 e. The molecule has 0 bridgehead atoms. The van der Waals surface area contributed by atoms with Crippen LogP contribution < -0.4 is 4.74 Å². The van der Waals surface area contributed by atoms with E-state index in [0.717, 1.165) is 12.1 Å². The molecule has 2 aromatic heterocycles. The summed E-state index contributed by atoms with van der Waals surface area (Å²) in [5.41, 5.74) is 1.74. The zero-order valence-corrected chi connectivity index (χ0v) is 19.0. The molecule has 34 heavy (non-hydrogen) atoms. The first-order valence-corrected chi connectivity index (χ1v) is 11.4. The Kier molecular flexibility index (Phi) is 5.88. The second-order valence-electron chi connectivity index (χ2n) is 8.78. The number of pyridine rings is 2. The maximum atomic E-state index is 13.4. The first kappa shape index (κ1) is 21.9. The molecule has 2 saturated heterocycles. The summed E-state index contributed by atoms with van der Waals surface area (Å²) in [6.07, 6.45) is 4.24. The van der Waals surface area contributed by atoms with Gasteiger partial charge in [-0.3, -0.25) is 9.78 Å². The van der Waals surface area contributed by atoms with Gasteiger partial charge in [0.05, 0.1) is 19.3 Å². The highest BCUT2D eigenvalue weighted by molar-refractivity contribution is 5.96. The van der Waals surface area contributed by atoms with Gasteiger partial charge >= 0.3 is 6.09 Å². The van der Waals surface area contributed by atoms with Crippen LogP contribution >= 0.6 is 0 Å². The Morgan fingerprint density at radius 1 is 1.09 bits per heavy atom. The normalized spacial score (nSPS) is 19.5. The molecule has 2 fully saturated rings. The Morgan fingerprint density at radius 2 is 1.94 bits per heavy atom. The third-order valence-corrected chi connectivity index (χ3v) is 6.26. The van der Waals surface area contributed by atoms with E-state index >= 15 is 0 Å². The van der Waals surface area contributed by atoms with Crippen LogP contribution in [0.15, 0.2) is 67.0 Å². The number of likely N-dealkylation sites (tertiary alicyclic amines) is 1. The van der Waals surface area contributed by atoms with Crippen molar-refractivity contribution in [2.24, 2.45) is 0 Å². The van der Waals surface area contributed by atoms with E-state index in [2.05, 4.69) is 9.97 Å². The van der Waals surface area contributed by atoms with Crippen molar-refractivity contribution in [2.75, 3.05) is 26.2 Å². The topological polar surface area (TPSA) is 84.9 Å². The summed E-state index contributed by atoms with van der Waals surface area (Å²) in [5.74, 6) is 0.542. The molecule has 3 aromatic rings. The molecule has 2 aliphatic rings. The molecule has 0 aliphatic carbocycles. The van der Waals surface area contributed by atoms with Gasteiger partial charge in [0.15, 0.2) is 5.60 Å². The molecule has 2 amide bonds. The number of hydrogen-bond donors (Lipinski definition) is 0. The van der Waals surface area contributed by atoms with E-state index in [1.807, 2.05) is 43.3 Å². The zero-order valence-electron chi connectivity index (χ0n) is 19.0. The summed E-state index contributed by atoms with van der Waals surface area (Å²) in [5, 5.41) is 0. The first-order chi connectivity index (χ1) is 16.5. The molecule has 0 radical (unpaired) electrons. The number of amides is 2. The molecular weight excluding hydrogens is 432 g/mol. The fourth-order valence-electron chi connectivity index (χ4n) is 4.44. The molecule has 1 aromatic carbocycles. The molecule has 0 N–H and O–H groups in total. The van der Waals surface area contributed by atoms with E-state index < -0.39 is 5.60 Å². The average Bonchev–Trinajstić information content (AvgIpc) is 3.41. The quantitative estimate of drug-likeness (QED) is 0.558. The van der Waals surface area contributed by atoms with Gasteiger partial charge in [0.1, 0.15) is 11.3 Å². The van der Waals surface area contributed by atoms with Gasteiger partial charge in [-0.2, -0.15) is 0 Å². The van der Waals surface area contributed by atoms with Crippen LogP contribution in [0.1, 0.15) is 28.0 Å². The molecule has 8 nitrogen and oxygen atoms in total. The molecule has 174 valence electrons. The molecule has 0 unspecified atom stereocenters. The van der Waals surface area contributed by atoms with Crippen molar-refractivity contribution in [3.8, 4) is 11.6 Å². The highest BCUT2D eigenvalue weighted by Gasteiger charge is 2.50. The van der Waals surface area contributed by atoms with E-state index in [0.29, 0.717) is 43.9 Å². The van der Waals surface area contributed by atoms with E-state index in [4.69, 9.17) is 9.47 Å². The lowest BCUT2D eigenvalue weighted by Crippen LogP contribution is -2.39. The van der Waals surface area contributed by atoms with Crippen LogP contribution in [0.4, 0.5) is 4.79 Å². The summed E-state index contributed by atoms with van der Waals surface area (Å²) >= 11 is 0. The molecular formula is C26H26N4O4. The van der Waals surface area contributed by atoms with Crippen molar-refractivity contribution < 1.29 is 19.1 Å². The Hall–Kier alpha value is -3.94. The van der Waals surface area contributed by atoms with Crippen molar-refractivity contribution in [3.05, 3.63) is 83.8 Å².